The van der Waals surface area contributed by atoms with Crippen molar-refractivity contribution < 1.29 is 4.42 Å². The van der Waals surface area contributed by atoms with Crippen LogP contribution in [-0.2, 0) is 6.54 Å². The number of anilines is 1. The zero-order chi connectivity index (χ0) is 16.2. The zero-order valence-corrected chi connectivity index (χ0v) is 14.3. The summed E-state index contributed by atoms with van der Waals surface area (Å²) >= 11 is 0. The van der Waals surface area contributed by atoms with Crippen LogP contribution in [0.1, 0.15) is 44.4 Å². The average molecular weight is 314 g/mol. The van der Waals surface area contributed by atoms with Gasteiger partial charge in [0.25, 0.3) is 0 Å². The van der Waals surface area contributed by atoms with Crippen molar-refractivity contribution in [3.8, 4) is 0 Å². The van der Waals surface area contributed by atoms with Gasteiger partial charge in [-0.3, -0.25) is 4.90 Å². The molecule has 0 bridgehead atoms. The van der Waals surface area contributed by atoms with Crippen LogP contribution in [0.2, 0.25) is 0 Å². The van der Waals surface area contributed by atoms with Crippen LogP contribution in [0, 0.1) is 0 Å². The highest BCUT2D eigenvalue weighted by molar-refractivity contribution is 5.46. The Labute approximate surface area is 138 Å². The highest BCUT2D eigenvalue weighted by Crippen LogP contribution is 2.22. The van der Waals surface area contributed by atoms with Crippen molar-refractivity contribution in [2.24, 2.45) is 0 Å². The molecule has 3 rings (SSSR count). The summed E-state index contributed by atoms with van der Waals surface area (Å²) < 4.78 is 5.74. The minimum Gasteiger partial charge on any atom is -0.424 e. The molecule has 0 N–H and O–H groups in total. The molecule has 0 radical (unpaired) electrons. The van der Waals surface area contributed by atoms with Crippen molar-refractivity contribution in [3.05, 3.63) is 42.1 Å². The second kappa shape index (κ2) is 7.13. The number of para-hydroxylation sites is 1. The van der Waals surface area contributed by atoms with E-state index >= 15 is 0 Å². The summed E-state index contributed by atoms with van der Waals surface area (Å²) in [6, 6.07) is 11.2. The zero-order valence-electron chi connectivity index (χ0n) is 14.3. The highest BCUT2D eigenvalue weighted by atomic mass is 16.4. The molecule has 1 aromatic carbocycles. The van der Waals surface area contributed by atoms with Crippen molar-refractivity contribution in [2.45, 2.75) is 45.2 Å². The summed E-state index contributed by atoms with van der Waals surface area (Å²) in [5.41, 5.74) is 1.31. The minimum absolute atomic E-state index is 0.282. The van der Waals surface area contributed by atoms with Crippen molar-refractivity contribution in [1.29, 1.82) is 0 Å². The molecular formula is C18H26N4O. The average Bonchev–Trinajstić information content (AvgIpc) is 3.04. The van der Waals surface area contributed by atoms with E-state index in [1.54, 1.807) is 0 Å². The van der Waals surface area contributed by atoms with Gasteiger partial charge in [-0.2, -0.15) is 0 Å². The molecule has 1 aromatic heterocycles. The Morgan fingerprint density at radius 3 is 2.74 bits per heavy atom. The van der Waals surface area contributed by atoms with Crippen molar-refractivity contribution in [2.75, 3.05) is 25.0 Å². The van der Waals surface area contributed by atoms with Gasteiger partial charge < -0.3 is 9.32 Å². The number of aromatic nitrogens is 2. The molecule has 2 aromatic rings. The normalized spacial score (nSPS) is 18.8. The summed E-state index contributed by atoms with van der Waals surface area (Å²) in [5.74, 6) is 1.72. The molecule has 0 unspecified atom stereocenters. The van der Waals surface area contributed by atoms with Gasteiger partial charge in [0.2, 0.25) is 11.8 Å². The summed E-state index contributed by atoms with van der Waals surface area (Å²) in [6.45, 7) is 7.03. The van der Waals surface area contributed by atoms with Crippen LogP contribution in [0.5, 0.6) is 0 Å². The summed E-state index contributed by atoms with van der Waals surface area (Å²) in [4.78, 5) is 4.81. The van der Waals surface area contributed by atoms with Crippen molar-refractivity contribution in [1.82, 2.24) is 15.1 Å². The molecule has 5 nitrogen and oxygen atoms in total. The van der Waals surface area contributed by atoms with Crippen LogP contribution < -0.4 is 4.90 Å². The molecule has 0 spiro atoms. The molecule has 124 valence electrons. The smallest absolute Gasteiger partial charge is 0.230 e. The monoisotopic (exact) mass is 314 g/mol. The number of piperidine rings is 1. The Morgan fingerprint density at radius 2 is 2.04 bits per heavy atom. The van der Waals surface area contributed by atoms with Gasteiger partial charge in [0.05, 0.1) is 6.54 Å². The van der Waals surface area contributed by atoms with Crippen LogP contribution in [0.15, 0.2) is 34.7 Å². The standard InChI is InChI=1S/C18H26N4O/c1-14(2)18-20-19-17(23-18)13-21(3)16-10-7-11-22(12-16)15-8-5-4-6-9-15/h4-6,8-9,14,16H,7,10-13H2,1-3H3/t16-/m0/s1. The molecular weight excluding hydrogens is 288 g/mol. The van der Waals surface area contributed by atoms with E-state index in [9.17, 15) is 0 Å². The lowest BCUT2D eigenvalue weighted by atomic mass is 10.0. The molecule has 0 amide bonds. The maximum Gasteiger partial charge on any atom is 0.230 e. The molecule has 1 fully saturated rings. The van der Waals surface area contributed by atoms with E-state index in [0.29, 0.717) is 18.5 Å². The van der Waals surface area contributed by atoms with Gasteiger partial charge in [-0.1, -0.05) is 32.0 Å². The van der Waals surface area contributed by atoms with E-state index in [1.807, 2.05) is 0 Å². The number of hydrogen-bond donors (Lipinski definition) is 0. The Bertz CT molecular complexity index is 610. The molecule has 1 aliphatic rings. The maximum absolute atomic E-state index is 5.74. The molecule has 0 saturated carbocycles. The Morgan fingerprint density at radius 1 is 1.26 bits per heavy atom. The molecule has 2 heterocycles. The second-order valence-electron chi connectivity index (χ2n) is 6.68. The van der Waals surface area contributed by atoms with Crippen LogP contribution in [0.25, 0.3) is 0 Å². The van der Waals surface area contributed by atoms with Gasteiger partial charge in [-0.25, -0.2) is 0 Å². The lowest BCUT2D eigenvalue weighted by molar-refractivity contribution is 0.189. The predicted octanol–water partition coefficient (Wildman–Crippen LogP) is 3.29. The Kier molecular flexibility index (Phi) is 4.96. The van der Waals surface area contributed by atoms with Crippen LogP contribution >= 0.6 is 0 Å². The first kappa shape index (κ1) is 16.0. The maximum atomic E-state index is 5.74. The SMILES string of the molecule is CC(C)c1nnc(CN(C)[C@H]2CCCN(c3ccccc3)C2)o1. The molecule has 1 atom stereocenters. The third kappa shape index (κ3) is 3.91. The van der Waals surface area contributed by atoms with E-state index < -0.39 is 0 Å². The first-order valence-corrected chi connectivity index (χ1v) is 8.46. The second-order valence-corrected chi connectivity index (χ2v) is 6.68. The fourth-order valence-corrected chi connectivity index (χ4v) is 3.09. The molecule has 23 heavy (non-hydrogen) atoms. The fraction of sp³-hybridized carbons (Fsp3) is 0.556. The molecule has 5 heteroatoms. The summed E-state index contributed by atoms with van der Waals surface area (Å²) in [6.07, 6.45) is 2.43. The van der Waals surface area contributed by atoms with E-state index in [1.165, 1.54) is 18.5 Å². The summed E-state index contributed by atoms with van der Waals surface area (Å²) in [7, 11) is 2.15. The van der Waals surface area contributed by atoms with Gasteiger partial charge in [-0.15, -0.1) is 10.2 Å². The van der Waals surface area contributed by atoms with Gasteiger partial charge in [0, 0.05) is 30.7 Å². The third-order valence-corrected chi connectivity index (χ3v) is 4.50. The highest BCUT2D eigenvalue weighted by Gasteiger charge is 2.24. The number of likely N-dealkylation sites (N-methyl/N-ethyl adjacent to an activating group) is 1. The predicted molar refractivity (Wildman–Crippen MR) is 91.5 cm³/mol. The number of rotatable bonds is 5. The molecule has 0 aliphatic carbocycles. The van der Waals surface area contributed by atoms with Crippen LogP contribution in [0.3, 0.4) is 0 Å². The Hall–Kier alpha value is -1.88. The molecule has 1 aliphatic heterocycles. The first-order chi connectivity index (χ1) is 11.1. The third-order valence-electron chi connectivity index (χ3n) is 4.50. The largest absolute Gasteiger partial charge is 0.424 e. The van der Waals surface area contributed by atoms with Gasteiger partial charge in [0.15, 0.2) is 0 Å². The number of benzene rings is 1. The van der Waals surface area contributed by atoms with Crippen LogP contribution in [0.4, 0.5) is 5.69 Å². The van der Waals surface area contributed by atoms with Gasteiger partial charge in [-0.05, 0) is 32.0 Å². The topological polar surface area (TPSA) is 45.4 Å². The van der Waals surface area contributed by atoms with E-state index in [0.717, 1.165) is 19.0 Å². The van der Waals surface area contributed by atoms with Gasteiger partial charge >= 0.3 is 0 Å². The van der Waals surface area contributed by atoms with E-state index in [-0.39, 0.29) is 5.92 Å². The quantitative estimate of drug-likeness (QED) is 0.847. The number of hydrogen-bond acceptors (Lipinski definition) is 5. The number of nitrogens with zero attached hydrogens (tertiary/aromatic N) is 4. The minimum atomic E-state index is 0.282. The summed E-state index contributed by atoms with van der Waals surface area (Å²) in [5, 5.41) is 8.30. The fourth-order valence-electron chi connectivity index (χ4n) is 3.09. The van der Waals surface area contributed by atoms with E-state index in [4.69, 9.17) is 4.42 Å². The first-order valence-electron chi connectivity index (χ1n) is 8.46. The lowest BCUT2D eigenvalue weighted by Crippen LogP contribution is -2.46. The lowest BCUT2D eigenvalue weighted by Gasteiger charge is -2.38. The molecule has 1 saturated heterocycles. The Balaban J connectivity index is 1.61. The van der Waals surface area contributed by atoms with E-state index in [2.05, 4.69) is 71.2 Å². The van der Waals surface area contributed by atoms with Crippen molar-refractivity contribution >= 4 is 5.69 Å². The van der Waals surface area contributed by atoms with Crippen LogP contribution in [-0.4, -0.2) is 41.3 Å². The van der Waals surface area contributed by atoms with Crippen molar-refractivity contribution in [3.63, 3.8) is 0 Å². The van der Waals surface area contributed by atoms with Gasteiger partial charge in [0.1, 0.15) is 0 Å².